The van der Waals surface area contributed by atoms with Crippen LogP contribution in [-0.2, 0) is 0 Å². The molecule has 0 spiro atoms. The smallest absolute Gasteiger partial charge is 0.162 e. The van der Waals surface area contributed by atoms with Crippen molar-refractivity contribution >= 4 is 17.3 Å². The van der Waals surface area contributed by atoms with Crippen LogP contribution in [0.4, 0.5) is 11.5 Å². The Morgan fingerprint density at radius 2 is 1.68 bits per heavy atom. The fourth-order valence-corrected chi connectivity index (χ4v) is 2.03. The summed E-state index contributed by atoms with van der Waals surface area (Å²) >= 11 is 0. The van der Waals surface area contributed by atoms with Crippen LogP contribution in [0.25, 0.3) is 0 Å². The van der Waals surface area contributed by atoms with E-state index in [0.717, 1.165) is 5.69 Å². The summed E-state index contributed by atoms with van der Waals surface area (Å²) in [6, 6.07) is 6.23. The van der Waals surface area contributed by atoms with Crippen LogP contribution in [0, 0.1) is 19.3 Å². The molecule has 0 saturated heterocycles. The van der Waals surface area contributed by atoms with Crippen molar-refractivity contribution in [2.45, 2.75) is 13.8 Å². The molecule has 0 atom stereocenters. The topological polar surface area (TPSA) is 78.9 Å². The Balaban J connectivity index is 2.49. The lowest BCUT2D eigenvalue weighted by molar-refractivity contribution is 1.06. The minimum Gasteiger partial charge on any atom is -0.382 e. The molecule has 19 heavy (non-hydrogen) atoms. The highest BCUT2D eigenvalue weighted by molar-refractivity contribution is 5.98. The number of nitrogen functional groups attached to an aromatic ring is 1. The first kappa shape index (κ1) is 13.0. The number of aryl methyl sites for hydroxylation is 2. The maximum absolute atomic E-state index is 7.57. The van der Waals surface area contributed by atoms with Crippen molar-refractivity contribution in [3.8, 4) is 0 Å². The third-order valence-electron chi connectivity index (χ3n) is 2.85. The van der Waals surface area contributed by atoms with Gasteiger partial charge in [-0.2, -0.15) is 0 Å². The molecule has 0 fully saturated rings. The first-order valence-corrected chi connectivity index (χ1v) is 5.96. The number of nitrogens with two attached hydrogens (primary N) is 1. The average Bonchev–Trinajstić information content (AvgIpc) is 2.36. The Morgan fingerprint density at radius 1 is 1.11 bits per heavy atom. The number of hydrogen-bond donors (Lipinski definition) is 2. The van der Waals surface area contributed by atoms with Crippen molar-refractivity contribution < 1.29 is 0 Å². The van der Waals surface area contributed by atoms with Crippen molar-refractivity contribution in [1.82, 2.24) is 9.97 Å². The fraction of sp³-hybridized carbons (Fsp3) is 0.214. The van der Waals surface area contributed by atoms with Crippen LogP contribution in [0.1, 0.15) is 16.8 Å². The molecular weight excluding hydrogens is 238 g/mol. The van der Waals surface area contributed by atoms with Crippen LogP contribution in [0.3, 0.4) is 0 Å². The van der Waals surface area contributed by atoms with Crippen LogP contribution in [0.5, 0.6) is 0 Å². The molecule has 0 aliphatic heterocycles. The molecule has 3 N–H and O–H groups in total. The van der Waals surface area contributed by atoms with E-state index in [9.17, 15) is 0 Å². The summed E-state index contributed by atoms with van der Waals surface area (Å²) in [6.45, 7) is 4.10. The van der Waals surface area contributed by atoms with E-state index in [4.69, 9.17) is 11.1 Å². The molecule has 98 valence electrons. The molecule has 5 heteroatoms. The molecule has 0 radical (unpaired) electrons. The normalized spacial score (nSPS) is 10.3. The number of aromatic nitrogens is 2. The number of nitrogens with zero attached hydrogens (tertiary/aromatic N) is 3. The van der Waals surface area contributed by atoms with E-state index in [-0.39, 0.29) is 5.84 Å². The molecule has 0 saturated carbocycles. The van der Waals surface area contributed by atoms with Crippen molar-refractivity contribution in [1.29, 1.82) is 5.41 Å². The standard InChI is InChI=1S/C14H17N5/c1-9-6-10(2)8-11(7-9)19(3)14-12(13(15)16)17-4-5-18-14/h4-8H,1-3H3,(H3,15,16). The molecule has 1 heterocycles. The number of amidine groups is 1. The summed E-state index contributed by atoms with van der Waals surface area (Å²) in [5, 5.41) is 7.57. The van der Waals surface area contributed by atoms with E-state index in [1.165, 1.54) is 17.3 Å². The molecule has 0 aliphatic rings. The van der Waals surface area contributed by atoms with Crippen molar-refractivity contribution in [2.75, 3.05) is 11.9 Å². The SMILES string of the molecule is Cc1cc(C)cc(N(C)c2nccnc2C(=N)N)c1. The highest BCUT2D eigenvalue weighted by Gasteiger charge is 2.14. The Labute approximate surface area is 112 Å². The number of hydrogen-bond acceptors (Lipinski definition) is 4. The summed E-state index contributed by atoms with van der Waals surface area (Å²) < 4.78 is 0. The maximum atomic E-state index is 7.57. The lowest BCUT2D eigenvalue weighted by Gasteiger charge is -2.21. The van der Waals surface area contributed by atoms with E-state index in [2.05, 4.69) is 28.2 Å². The molecule has 1 aromatic carbocycles. The zero-order valence-electron chi connectivity index (χ0n) is 11.3. The van der Waals surface area contributed by atoms with Crippen molar-refractivity contribution in [2.24, 2.45) is 5.73 Å². The predicted molar refractivity (Wildman–Crippen MR) is 77.0 cm³/mol. The van der Waals surface area contributed by atoms with Gasteiger partial charge in [0, 0.05) is 25.1 Å². The van der Waals surface area contributed by atoms with Gasteiger partial charge in [-0.15, -0.1) is 0 Å². The molecule has 0 amide bonds. The minimum atomic E-state index is -0.0840. The molecule has 0 bridgehead atoms. The van der Waals surface area contributed by atoms with E-state index in [1.807, 2.05) is 25.8 Å². The zero-order valence-corrected chi connectivity index (χ0v) is 11.3. The monoisotopic (exact) mass is 255 g/mol. The van der Waals surface area contributed by atoms with Gasteiger partial charge in [0.05, 0.1) is 0 Å². The molecule has 2 aromatic rings. The van der Waals surface area contributed by atoms with Crippen molar-refractivity contribution in [3.05, 3.63) is 47.4 Å². The Kier molecular flexibility index (Phi) is 3.46. The van der Waals surface area contributed by atoms with Gasteiger partial charge in [0.2, 0.25) is 0 Å². The van der Waals surface area contributed by atoms with E-state index < -0.39 is 0 Å². The second-order valence-corrected chi connectivity index (χ2v) is 4.55. The van der Waals surface area contributed by atoms with Gasteiger partial charge in [-0.1, -0.05) is 6.07 Å². The second kappa shape index (κ2) is 5.06. The highest BCUT2D eigenvalue weighted by atomic mass is 15.2. The second-order valence-electron chi connectivity index (χ2n) is 4.55. The van der Waals surface area contributed by atoms with Crippen molar-refractivity contribution in [3.63, 3.8) is 0 Å². The molecule has 0 aliphatic carbocycles. The van der Waals surface area contributed by atoms with Gasteiger partial charge in [0.1, 0.15) is 11.5 Å². The number of rotatable bonds is 3. The maximum Gasteiger partial charge on any atom is 0.162 e. The molecule has 0 unspecified atom stereocenters. The number of anilines is 2. The Bertz CT molecular complexity index is 601. The van der Waals surface area contributed by atoms with Gasteiger partial charge < -0.3 is 10.6 Å². The first-order valence-electron chi connectivity index (χ1n) is 5.96. The van der Waals surface area contributed by atoms with E-state index >= 15 is 0 Å². The minimum absolute atomic E-state index is 0.0840. The largest absolute Gasteiger partial charge is 0.382 e. The first-order chi connectivity index (χ1) is 8.99. The quantitative estimate of drug-likeness (QED) is 0.650. The van der Waals surface area contributed by atoms with Crippen LogP contribution in [0.2, 0.25) is 0 Å². The van der Waals surface area contributed by atoms with E-state index in [1.54, 1.807) is 6.20 Å². The van der Waals surface area contributed by atoms with Gasteiger partial charge in [0.15, 0.2) is 5.82 Å². The lowest BCUT2D eigenvalue weighted by Crippen LogP contribution is -2.21. The third kappa shape index (κ3) is 2.70. The van der Waals surface area contributed by atoms with Gasteiger partial charge in [-0.3, -0.25) is 5.41 Å². The van der Waals surface area contributed by atoms with Crippen LogP contribution in [-0.4, -0.2) is 22.9 Å². The fourth-order valence-electron chi connectivity index (χ4n) is 2.03. The zero-order chi connectivity index (χ0) is 14.0. The summed E-state index contributed by atoms with van der Waals surface area (Å²) in [4.78, 5) is 10.3. The van der Waals surface area contributed by atoms with Crippen LogP contribution in [0.15, 0.2) is 30.6 Å². The van der Waals surface area contributed by atoms with Gasteiger partial charge in [-0.05, 0) is 37.1 Å². The lowest BCUT2D eigenvalue weighted by atomic mass is 10.1. The number of nitrogens with one attached hydrogen (secondary N) is 1. The Morgan fingerprint density at radius 3 is 2.26 bits per heavy atom. The van der Waals surface area contributed by atoms with Crippen LogP contribution < -0.4 is 10.6 Å². The average molecular weight is 255 g/mol. The summed E-state index contributed by atoms with van der Waals surface area (Å²) in [5.41, 5.74) is 9.29. The molecule has 2 rings (SSSR count). The van der Waals surface area contributed by atoms with Gasteiger partial charge >= 0.3 is 0 Å². The molecule has 1 aromatic heterocycles. The summed E-state index contributed by atoms with van der Waals surface area (Å²) in [5.74, 6) is 0.499. The number of benzene rings is 1. The van der Waals surface area contributed by atoms with E-state index in [0.29, 0.717) is 11.5 Å². The molecular formula is C14H17N5. The summed E-state index contributed by atoms with van der Waals surface area (Å²) in [6.07, 6.45) is 3.14. The predicted octanol–water partition coefficient (Wildman–Crippen LogP) is 2.15. The Hall–Kier alpha value is -2.43. The van der Waals surface area contributed by atoms with Gasteiger partial charge in [-0.25, -0.2) is 9.97 Å². The highest BCUT2D eigenvalue weighted by Crippen LogP contribution is 2.25. The third-order valence-corrected chi connectivity index (χ3v) is 2.85. The van der Waals surface area contributed by atoms with Gasteiger partial charge in [0.25, 0.3) is 0 Å². The summed E-state index contributed by atoms with van der Waals surface area (Å²) in [7, 11) is 1.89. The molecule has 5 nitrogen and oxygen atoms in total. The van der Waals surface area contributed by atoms with Crippen LogP contribution >= 0.6 is 0 Å².